The minimum absolute atomic E-state index is 0.196. The summed E-state index contributed by atoms with van der Waals surface area (Å²) in [5.74, 6) is 0.443. The summed E-state index contributed by atoms with van der Waals surface area (Å²) in [5.41, 5.74) is 5.51. The van der Waals surface area contributed by atoms with E-state index in [2.05, 4.69) is 36.4 Å². The van der Waals surface area contributed by atoms with E-state index in [0.29, 0.717) is 5.82 Å². The van der Waals surface area contributed by atoms with E-state index >= 15 is 0 Å². The maximum atomic E-state index is 9.26. The molecule has 0 aliphatic carbocycles. The predicted molar refractivity (Wildman–Crippen MR) is 86.0 cm³/mol. The quantitative estimate of drug-likeness (QED) is 0.564. The number of halogens is 1. The molecule has 0 aliphatic heterocycles. The van der Waals surface area contributed by atoms with Crippen molar-refractivity contribution in [3.05, 3.63) is 58.8 Å². The Labute approximate surface area is 129 Å². The number of rotatable bonds is 3. The number of anilines is 1. The van der Waals surface area contributed by atoms with E-state index in [0.717, 1.165) is 21.2 Å². The number of hydrogen-bond acceptors (Lipinski definition) is 4. The van der Waals surface area contributed by atoms with Gasteiger partial charge in [-0.2, -0.15) is 10.4 Å². The zero-order valence-electron chi connectivity index (χ0n) is 10.8. The summed E-state index contributed by atoms with van der Waals surface area (Å²) in [4.78, 5) is 7.44. The van der Waals surface area contributed by atoms with Gasteiger partial charge in [-0.25, -0.2) is 4.98 Å². The van der Waals surface area contributed by atoms with E-state index in [-0.39, 0.29) is 5.71 Å². The summed E-state index contributed by atoms with van der Waals surface area (Å²) < 4.78 is 0.871. The highest BCUT2D eigenvalue weighted by Crippen LogP contribution is 2.21. The number of benzene rings is 2. The number of para-hydroxylation sites is 3. The van der Waals surface area contributed by atoms with E-state index < -0.39 is 0 Å². The highest BCUT2D eigenvalue weighted by molar-refractivity contribution is 9.10. The molecular formula is C15H10BrN5. The summed E-state index contributed by atoms with van der Waals surface area (Å²) in [6.45, 7) is 0. The van der Waals surface area contributed by atoms with Gasteiger partial charge in [0.1, 0.15) is 6.07 Å². The van der Waals surface area contributed by atoms with Crippen LogP contribution in [0, 0.1) is 11.3 Å². The minimum Gasteiger partial charge on any atom is -0.336 e. The fourth-order valence-electron chi connectivity index (χ4n) is 1.86. The zero-order chi connectivity index (χ0) is 14.7. The molecule has 1 heterocycles. The van der Waals surface area contributed by atoms with Crippen molar-refractivity contribution in [2.45, 2.75) is 0 Å². The van der Waals surface area contributed by atoms with Crippen molar-refractivity contribution >= 4 is 38.4 Å². The van der Waals surface area contributed by atoms with Crippen LogP contribution in [0.2, 0.25) is 0 Å². The van der Waals surface area contributed by atoms with Crippen LogP contribution in [0.5, 0.6) is 0 Å². The van der Waals surface area contributed by atoms with Crippen LogP contribution in [-0.4, -0.2) is 15.7 Å². The molecule has 102 valence electrons. The van der Waals surface area contributed by atoms with Crippen molar-refractivity contribution in [3.63, 3.8) is 0 Å². The molecule has 2 aromatic carbocycles. The van der Waals surface area contributed by atoms with Gasteiger partial charge in [-0.3, -0.25) is 5.43 Å². The summed E-state index contributed by atoms with van der Waals surface area (Å²) >= 11 is 3.41. The molecular weight excluding hydrogens is 330 g/mol. The molecule has 0 aliphatic rings. The Balaban J connectivity index is 1.93. The molecule has 0 amide bonds. The fraction of sp³-hybridized carbons (Fsp3) is 0. The Kier molecular flexibility index (Phi) is 3.67. The van der Waals surface area contributed by atoms with E-state index in [4.69, 9.17) is 0 Å². The van der Waals surface area contributed by atoms with Gasteiger partial charge in [-0.05, 0) is 40.2 Å². The topological polar surface area (TPSA) is 76.9 Å². The molecule has 0 fully saturated rings. The molecule has 0 radical (unpaired) electrons. The summed E-state index contributed by atoms with van der Waals surface area (Å²) in [5, 5.41) is 13.4. The van der Waals surface area contributed by atoms with Gasteiger partial charge in [0, 0.05) is 4.47 Å². The number of fused-ring (bicyclic) bond motifs is 1. The summed E-state index contributed by atoms with van der Waals surface area (Å²) in [7, 11) is 0. The summed E-state index contributed by atoms with van der Waals surface area (Å²) in [6, 6.07) is 17.2. The number of aromatic nitrogens is 2. The normalized spacial score (nSPS) is 11.3. The van der Waals surface area contributed by atoms with Crippen LogP contribution in [0.1, 0.15) is 5.82 Å². The van der Waals surface area contributed by atoms with Crippen molar-refractivity contribution in [2.75, 3.05) is 5.43 Å². The Hall–Kier alpha value is -2.65. The molecule has 0 bridgehead atoms. The highest BCUT2D eigenvalue weighted by atomic mass is 79.9. The lowest BCUT2D eigenvalue weighted by atomic mass is 10.3. The largest absolute Gasteiger partial charge is 0.336 e. The van der Waals surface area contributed by atoms with Gasteiger partial charge in [0.05, 0.1) is 16.7 Å². The van der Waals surface area contributed by atoms with E-state index in [1.54, 1.807) is 0 Å². The first-order valence-electron chi connectivity index (χ1n) is 6.21. The molecule has 5 nitrogen and oxygen atoms in total. The molecule has 0 unspecified atom stereocenters. The summed E-state index contributed by atoms with van der Waals surface area (Å²) in [6.07, 6.45) is 0. The van der Waals surface area contributed by atoms with Crippen molar-refractivity contribution in [2.24, 2.45) is 5.10 Å². The molecule has 2 N–H and O–H groups in total. The van der Waals surface area contributed by atoms with E-state index in [1.807, 2.05) is 54.6 Å². The predicted octanol–water partition coefficient (Wildman–Crippen LogP) is 3.67. The Morgan fingerprint density at radius 1 is 1.19 bits per heavy atom. The Morgan fingerprint density at radius 2 is 1.95 bits per heavy atom. The molecule has 0 saturated heterocycles. The third-order valence-electron chi connectivity index (χ3n) is 2.88. The maximum absolute atomic E-state index is 9.26. The number of nitrogens with one attached hydrogen (secondary N) is 2. The van der Waals surface area contributed by atoms with E-state index in [9.17, 15) is 5.26 Å². The van der Waals surface area contributed by atoms with Gasteiger partial charge in [-0.1, -0.05) is 24.3 Å². The third-order valence-corrected chi connectivity index (χ3v) is 3.57. The Bertz CT molecular complexity index is 827. The van der Waals surface area contributed by atoms with E-state index in [1.165, 1.54) is 0 Å². The monoisotopic (exact) mass is 339 g/mol. The molecule has 3 aromatic rings. The maximum Gasteiger partial charge on any atom is 0.203 e. The van der Waals surface area contributed by atoms with Crippen molar-refractivity contribution < 1.29 is 0 Å². The number of hydrogen-bond donors (Lipinski definition) is 2. The molecule has 0 spiro atoms. The zero-order valence-corrected chi connectivity index (χ0v) is 12.4. The lowest BCUT2D eigenvalue weighted by Crippen LogP contribution is -2.04. The average molecular weight is 340 g/mol. The molecule has 1 aromatic heterocycles. The van der Waals surface area contributed by atoms with Crippen LogP contribution in [0.4, 0.5) is 5.69 Å². The molecule has 21 heavy (non-hydrogen) atoms. The van der Waals surface area contributed by atoms with Crippen LogP contribution >= 0.6 is 15.9 Å². The number of nitrogens with zero attached hydrogens (tertiary/aromatic N) is 3. The van der Waals surface area contributed by atoms with Crippen LogP contribution in [-0.2, 0) is 0 Å². The van der Waals surface area contributed by atoms with Crippen LogP contribution < -0.4 is 5.43 Å². The van der Waals surface area contributed by atoms with Crippen LogP contribution in [0.25, 0.3) is 11.0 Å². The van der Waals surface area contributed by atoms with Crippen molar-refractivity contribution in [3.8, 4) is 6.07 Å². The van der Waals surface area contributed by atoms with Crippen LogP contribution in [0.15, 0.2) is 58.1 Å². The number of nitriles is 1. The molecule has 0 atom stereocenters. The molecule has 0 saturated carbocycles. The number of hydrazone groups is 1. The first-order chi connectivity index (χ1) is 10.3. The van der Waals surface area contributed by atoms with Gasteiger partial charge < -0.3 is 4.98 Å². The second-order valence-electron chi connectivity index (χ2n) is 4.27. The molecule has 6 heteroatoms. The van der Waals surface area contributed by atoms with Crippen LogP contribution in [0.3, 0.4) is 0 Å². The number of imidazole rings is 1. The number of aromatic amines is 1. The highest BCUT2D eigenvalue weighted by Gasteiger charge is 2.09. The minimum atomic E-state index is 0.196. The first kappa shape index (κ1) is 13.3. The van der Waals surface area contributed by atoms with Gasteiger partial charge >= 0.3 is 0 Å². The lowest BCUT2D eigenvalue weighted by Gasteiger charge is -2.02. The van der Waals surface area contributed by atoms with Gasteiger partial charge in [0.15, 0.2) is 5.82 Å². The third kappa shape index (κ3) is 2.78. The SMILES string of the molecule is N#C/C(=N\Nc1ccccc1Br)c1nc2ccccc2[nH]1. The van der Waals surface area contributed by atoms with Gasteiger partial charge in [0.25, 0.3) is 0 Å². The fourth-order valence-corrected chi connectivity index (χ4v) is 2.24. The smallest absolute Gasteiger partial charge is 0.203 e. The molecule has 3 rings (SSSR count). The average Bonchev–Trinajstić information content (AvgIpc) is 2.93. The second-order valence-corrected chi connectivity index (χ2v) is 5.12. The first-order valence-corrected chi connectivity index (χ1v) is 7.00. The van der Waals surface area contributed by atoms with Crippen molar-refractivity contribution in [1.82, 2.24) is 9.97 Å². The van der Waals surface area contributed by atoms with Gasteiger partial charge in [-0.15, -0.1) is 0 Å². The lowest BCUT2D eigenvalue weighted by molar-refractivity contribution is 1.25. The van der Waals surface area contributed by atoms with Crippen molar-refractivity contribution in [1.29, 1.82) is 5.26 Å². The second kappa shape index (κ2) is 5.77. The van der Waals surface area contributed by atoms with Gasteiger partial charge in [0.2, 0.25) is 5.71 Å². The number of H-pyrrole nitrogens is 1. The Morgan fingerprint density at radius 3 is 2.71 bits per heavy atom. The standard InChI is InChI=1S/C15H10BrN5/c16-10-5-1-2-6-11(10)20-21-14(9-17)15-18-12-7-3-4-8-13(12)19-15/h1-8,20H,(H,18,19)/b21-14+.